The van der Waals surface area contributed by atoms with E-state index in [4.69, 9.17) is 0 Å². The molecule has 0 bridgehead atoms. The van der Waals surface area contributed by atoms with E-state index in [-0.39, 0.29) is 17.2 Å². The molecule has 0 atom stereocenters. The molecule has 2 rings (SSSR count). The van der Waals surface area contributed by atoms with Gasteiger partial charge < -0.3 is 10.4 Å². The van der Waals surface area contributed by atoms with Crippen LogP contribution in [0, 0.1) is 0 Å². The maximum atomic E-state index is 11.7. The fraction of sp³-hybridized carbons (Fsp3) is 0.0909. The normalized spacial score (nSPS) is 10.0. The molecule has 5 heteroatoms. The average molecular weight is 234 g/mol. The van der Waals surface area contributed by atoms with E-state index in [1.165, 1.54) is 17.4 Å². The van der Waals surface area contributed by atoms with Crippen molar-refractivity contribution in [2.75, 3.05) is 0 Å². The van der Waals surface area contributed by atoms with Gasteiger partial charge in [0.1, 0.15) is 5.75 Å². The van der Waals surface area contributed by atoms with Crippen molar-refractivity contribution in [2.24, 2.45) is 0 Å². The topological polar surface area (TPSA) is 62.2 Å². The highest BCUT2D eigenvalue weighted by Gasteiger charge is 2.09. The first-order chi connectivity index (χ1) is 7.77. The van der Waals surface area contributed by atoms with Crippen molar-refractivity contribution in [1.82, 2.24) is 10.3 Å². The zero-order chi connectivity index (χ0) is 11.4. The molecule has 4 nitrogen and oxygen atoms in total. The van der Waals surface area contributed by atoms with Crippen LogP contribution in [0.15, 0.2) is 36.0 Å². The number of phenolic OH excluding ortho intramolecular Hbond substituents is 1. The zero-order valence-corrected chi connectivity index (χ0v) is 9.20. The van der Waals surface area contributed by atoms with Gasteiger partial charge in [-0.1, -0.05) is 12.1 Å². The number of aromatic nitrogens is 1. The maximum absolute atomic E-state index is 11.7. The first kappa shape index (κ1) is 10.6. The third-order valence-corrected chi connectivity index (χ3v) is 2.83. The van der Waals surface area contributed by atoms with Gasteiger partial charge in [-0.3, -0.25) is 9.78 Å². The summed E-state index contributed by atoms with van der Waals surface area (Å²) >= 11 is 1.48. The van der Waals surface area contributed by atoms with Gasteiger partial charge in [0, 0.05) is 11.1 Å². The Balaban J connectivity index is 2.01. The summed E-state index contributed by atoms with van der Waals surface area (Å²) in [5.74, 6) is -0.296. The number of thiazole rings is 1. The molecule has 0 saturated heterocycles. The molecule has 1 aromatic carbocycles. The van der Waals surface area contributed by atoms with E-state index < -0.39 is 0 Å². The highest BCUT2D eigenvalue weighted by atomic mass is 32.1. The quantitative estimate of drug-likeness (QED) is 0.851. The van der Waals surface area contributed by atoms with Crippen molar-refractivity contribution in [3.63, 3.8) is 0 Å². The molecular weight excluding hydrogens is 224 g/mol. The molecule has 0 aliphatic heterocycles. The summed E-state index contributed by atoms with van der Waals surface area (Å²) in [5.41, 5.74) is 1.99. The molecule has 2 aromatic rings. The van der Waals surface area contributed by atoms with Gasteiger partial charge in [-0.05, 0) is 12.1 Å². The van der Waals surface area contributed by atoms with Crippen LogP contribution in [-0.2, 0) is 6.54 Å². The molecular formula is C11H10N2O2S. The summed E-state index contributed by atoms with van der Waals surface area (Å²) in [5, 5.41) is 12.2. The Morgan fingerprint density at radius 1 is 1.44 bits per heavy atom. The summed E-state index contributed by atoms with van der Waals surface area (Å²) in [7, 11) is 0. The molecule has 0 radical (unpaired) electrons. The van der Waals surface area contributed by atoms with Gasteiger partial charge in [0.25, 0.3) is 5.91 Å². The number of nitrogens with zero attached hydrogens (tertiary/aromatic N) is 1. The van der Waals surface area contributed by atoms with Gasteiger partial charge >= 0.3 is 0 Å². The standard InChI is InChI=1S/C11H10N2O2S/c14-10-4-2-1-3-9(10)11(15)13-6-8-5-12-7-16-8/h1-5,7,14H,6H2,(H,13,15). The van der Waals surface area contributed by atoms with E-state index in [2.05, 4.69) is 10.3 Å². The van der Waals surface area contributed by atoms with E-state index >= 15 is 0 Å². The average Bonchev–Trinajstić information content (AvgIpc) is 2.79. The second-order valence-corrected chi connectivity index (χ2v) is 4.14. The Kier molecular flexibility index (Phi) is 3.16. The molecule has 0 fully saturated rings. The Hall–Kier alpha value is -1.88. The molecule has 0 saturated carbocycles. The highest BCUT2D eigenvalue weighted by molar-refractivity contribution is 7.09. The van der Waals surface area contributed by atoms with E-state index in [0.29, 0.717) is 6.54 Å². The van der Waals surface area contributed by atoms with Crippen molar-refractivity contribution in [1.29, 1.82) is 0 Å². The molecule has 0 unspecified atom stereocenters. The molecule has 82 valence electrons. The van der Waals surface area contributed by atoms with Gasteiger partial charge in [0.15, 0.2) is 0 Å². The maximum Gasteiger partial charge on any atom is 0.255 e. The number of hydrogen-bond acceptors (Lipinski definition) is 4. The van der Waals surface area contributed by atoms with Crippen LogP contribution >= 0.6 is 11.3 Å². The van der Waals surface area contributed by atoms with Gasteiger partial charge in [-0.2, -0.15) is 0 Å². The molecule has 1 aromatic heterocycles. The number of phenols is 1. The summed E-state index contributed by atoms with van der Waals surface area (Å²) in [6, 6.07) is 6.45. The van der Waals surface area contributed by atoms with Crippen molar-refractivity contribution in [3.05, 3.63) is 46.4 Å². The largest absolute Gasteiger partial charge is 0.507 e. The zero-order valence-electron chi connectivity index (χ0n) is 8.38. The number of carbonyl (C=O) groups is 1. The molecule has 0 spiro atoms. The number of nitrogens with one attached hydrogen (secondary N) is 1. The predicted molar refractivity (Wildman–Crippen MR) is 61.4 cm³/mol. The van der Waals surface area contributed by atoms with E-state index in [9.17, 15) is 9.90 Å². The molecule has 16 heavy (non-hydrogen) atoms. The summed E-state index contributed by atoms with van der Waals surface area (Å²) in [4.78, 5) is 16.6. The van der Waals surface area contributed by atoms with E-state index in [0.717, 1.165) is 4.88 Å². The Morgan fingerprint density at radius 3 is 2.94 bits per heavy atom. The smallest absolute Gasteiger partial charge is 0.255 e. The lowest BCUT2D eigenvalue weighted by atomic mass is 10.2. The van der Waals surface area contributed by atoms with Crippen LogP contribution < -0.4 is 5.32 Å². The third-order valence-electron chi connectivity index (χ3n) is 2.06. The number of aromatic hydroxyl groups is 1. The minimum absolute atomic E-state index is 0.00990. The van der Waals surface area contributed by atoms with Crippen LogP contribution in [0.4, 0.5) is 0 Å². The van der Waals surface area contributed by atoms with Crippen molar-refractivity contribution in [2.45, 2.75) is 6.54 Å². The van der Waals surface area contributed by atoms with Gasteiger partial charge in [-0.15, -0.1) is 11.3 Å². The van der Waals surface area contributed by atoms with Crippen molar-refractivity contribution < 1.29 is 9.90 Å². The second-order valence-electron chi connectivity index (χ2n) is 3.17. The van der Waals surface area contributed by atoms with Crippen LogP contribution in [0.25, 0.3) is 0 Å². The number of rotatable bonds is 3. The third kappa shape index (κ3) is 2.38. The van der Waals surface area contributed by atoms with Crippen LogP contribution in [0.5, 0.6) is 5.75 Å². The summed E-state index contributed by atoms with van der Waals surface area (Å²) in [6.07, 6.45) is 1.70. The monoisotopic (exact) mass is 234 g/mol. The number of hydrogen-bond donors (Lipinski definition) is 2. The predicted octanol–water partition coefficient (Wildman–Crippen LogP) is 1.78. The second kappa shape index (κ2) is 4.76. The van der Waals surface area contributed by atoms with Crippen LogP contribution in [0.1, 0.15) is 15.2 Å². The van der Waals surface area contributed by atoms with Crippen molar-refractivity contribution in [3.8, 4) is 5.75 Å². The molecule has 0 aliphatic carbocycles. The first-order valence-electron chi connectivity index (χ1n) is 4.71. The van der Waals surface area contributed by atoms with Crippen LogP contribution in [-0.4, -0.2) is 16.0 Å². The first-order valence-corrected chi connectivity index (χ1v) is 5.59. The lowest BCUT2D eigenvalue weighted by Crippen LogP contribution is -2.22. The fourth-order valence-corrected chi connectivity index (χ4v) is 1.79. The minimum Gasteiger partial charge on any atom is -0.507 e. The van der Waals surface area contributed by atoms with Crippen LogP contribution in [0.3, 0.4) is 0 Å². The van der Waals surface area contributed by atoms with E-state index in [1.807, 2.05) is 0 Å². The lowest BCUT2D eigenvalue weighted by molar-refractivity contribution is 0.0948. The van der Waals surface area contributed by atoms with Gasteiger partial charge in [-0.25, -0.2) is 0 Å². The molecule has 1 amide bonds. The van der Waals surface area contributed by atoms with E-state index in [1.54, 1.807) is 29.9 Å². The van der Waals surface area contributed by atoms with Gasteiger partial charge in [0.2, 0.25) is 0 Å². The van der Waals surface area contributed by atoms with Gasteiger partial charge in [0.05, 0.1) is 17.6 Å². The fourth-order valence-electron chi connectivity index (χ4n) is 1.26. The lowest BCUT2D eigenvalue weighted by Gasteiger charge is -2.04. The van der Waals surface area contributed by atoms with Crippen molar-refractivity contribution >= 4 is 17.2 Å². The summed E-state index contributed by atoms with van der Waals surface area (Å²) < 4.78 is 0. The highest BCUT2D eigenvalue weighted by Crippen LogP contribution is 2.15. The number of carbonyl (C=O) groups excluding carboxylic acids is 1. The molecule has 2 N–H and O–H groups in total. The number of benzene rings is 1. The minimum atomic E-state index is -0.286. The number of para-hydroxylation sites is 1. The summed E-state index contributed by atoms with van der Waals surface area (Å²) in [6.45, 7) is 0.428. The number of amides is 1. The Labute approximate surface area is 96.6 Å². The Bertz CT molecular complexity index is 482. The SMILES string of the molecule is O=C(NCc1cncs1)c1ccccc1O. The molecule has 1 heterocycles. The Morgan fingerprint density at radius 2 is 2.25 bits per heavy atom. The van der Waals surface area contributed by atoms with Crippen LogP contribution in [0.2, 0.25) is 0 Å². The molecule has 0 aliphatic rings.